The zero-order valence-corrected chi connectivity index (χ0v) is 65.6. The summed E-state index contributed by atoms with van der Waals surface area (Å²) in [6, 6.07) is -4.81. The molecule has 5 fully saturated rings. The molecule has 5 saturated heterocycles. The van der Waals surface area contributed by atoms with Crippen LogP contribution >= 0.6 is 0 Å². The Bertz CT molecular complexity index is 2570. The number of aliphatic carboxylic acids is 1. The number of unbranched alkanes of at least 4 members (excludes halogenated alkanes) is 29. The van der Waals surface area contributed by atoms with Crippen LogP contribution in [0.2, 0.25) is 0 Å². The third-order valence-electron chi connectivity index (χ3n) is 21.6. The zero-order chi connectivity index (χ0) is 81.6. The highest BCUT2D eigenvalue weighted by atomic mass is 16.8. The summed E-state index contributed by atoms with van der Waals surface area (Å²) in [5.74, 6) is -7.70. The molecule has 111 heavy (non-hydrogen) atoms. The lowest BCUT2D eigenvalue weighted by atomic mass is 9.88. The lowest BCUT2D eigenvalue weighted by Gasteiger charge is -2.52. The molecule has 28 atom stereocenters. The normalized spacial score (nSPS) is 33.8. The van der Waals surface area contributed by atoms with Crippen molar-refractivity contribution >= 4 is 23.7 Å². The molecule has 0 radical (unpaired) electrons. The van der Waals surface area contributed by atoms with Crippen molar-refractivity contribution in [2.24, 2.45) is 0 Å². The maximum atomic E-state index is 13.8. The fraction of sp³-hybridized carbons (Fsp3) is 0.922. The maximum Gasteiger partial charge on any atom is 0.364 e. The van der Waals surface area contributed by atoms with E-state index in [1.54, 1.807) is 6.08 Å². The summed E-state index contributed by atoms with van der Waals surface area (Å²) in [5.41, 5.74) is 0. The Hall–Kier alpha value is -3.42. The van der Waals surface area contributed by atoms with E-state index in [1.165, 1.54) is 128 Å². The fourth-order valence-electron chi connectivity index (χ4n) is 15.0. The molecule has 0 aliphatic carbocycles. The molecule has 5 aliphatic rings. The summed E-state index contributed by atoms with van der Waals surface area (Å²) in [6.45, 7) is 0.345. The Kier molecular flexibility index (Phi) is 47.0. The number of carboxylic acid groups (broad SMARTS) is 1. The van der Waals surface area contributed by atoms with Crippen LogP contribution < -0.4 is 16.0 Å². The van der Waals surface area contributed by atoms with Crippen LogP contribution in [0.3, 0.4) is 0 Å². The van der Waals surface area contributed by atoms with Crippen LogP contribution in [0.1, 0.15) is 240 Å². The number of aliphatic hydroxyl groups excluding tert-OH is 16. The van der Waals surface area contributed by atoms with Crippen LogP contribution in [0.25, 0.3) is 0 Å². The minimum atomic E-state index is -3.38. The topological polar surface area (TPSA) is 541 Å². The molecule has 0 saturated carbocycles. The predicted octanol–water partition coefficient (Wildman–Crippen LogP) is 0.518. The van der Waals surface area contributed by atoms with Gasteiger partial charge in [-0.2, -0.15) is 0 Å². The van der Waals surface area contributed by atoms with Crippen LogP contribution in [0, 0.1) is 0 Å². The van der Waals surface area contributed by atoms with E-state index in [1.807, 2.05) is 6.08 Å². The van der Waals surface area contributed by atoms with E-state index in [4.69, 9.17) is 47.4 Å². The number of hydrogen-bond acceptors (Lipinski definition) is 30. The van der Waals surface area contributed by atoms with Crippen LogP contribution in [0.4, 0.5) is 0 Å². The predicted molar refractivity (Wildman–Crippen MR) is 397 cm³/mol. The average molecular weight is 1600 g/mol. The fourth-order valence-corrected chi connectivity index (χ4v) is 15.0. The molecule has 648 valence electrons. The molecule has 0 aromatic heterocycles. The zero-order valence-electron chi connectivity index (χ0n) is 65.6. The van der Waals surface area contributed by atoms with Gasteiger partial charge in [0.1, 0.15) is 116 Å². The van der Waals surface area contributed by atoms with Gasteiger partial charge in [0.15, 0.2) is 25.2 Å². The van der Waals surface area contributed by atoms with Crippen molar-refractivity contribution in [2.45, 2.75) is 411 Å². The number of carbonyl (C=O) groups is 4. The quantitative estimate of drug-likeness (QED) is 0.0291. The Labute approximate surface area is 653 Å². The Morgan fingerprint density at radius 1 is 0.468 bits per heavy atom. The number of rotatable bonds is 56. The highest BCUT2D eigenvalue weighted by molar-refractivity contribution is 5.77. The van der Waals surface area contributed by atoms with Crippen molar-refractivity contribution in [3.05, 3.63) is 12.2 Å². The van der Waals surface area contributed by atoms with Gasteiger partial charge >= 0.3 is 5.97 Å². The number of hydrogen-bond donors (Lipinski definition) is 20. The van der Waals surface area contributed by atoms with Gasteiger partial charge in [-0.3, -0.25) is 14.4 Å². The largest absolute Gasteiger partial charge is 0.477 e. The number of allylic oxidation sites excluding steroid dienone is 1. The summed E-state index contributed by atoms with van der Waals surface area (Å²) in [4.78, 5) is 53.1. The minimum Gasteiger partial charge on any atom is -0.477 e. The van der Waals surface area contributed by atoms with Gasteiger partial charge < -0.3 is 150 Å². The smallest absolute Gasteiger partial charge is 0.364 e. The van der Waals surface area contributed by atoms with Crippen molar-refractivity contribution < 1.29 is 153 Å². The highest BCUT2D eigenvalue weighted by Crippen LogP contribution is 2.41. The van der Waals surface area contributed by atoms with Crippen molar-refractivity contribution in [3.63, 3.8) is 0 Å². The summed E-state index contributed by atoms with van der Waals surface area (Å²) in [7, 11) is 0. The highest BCUT2D eigenvalue weighted by Gasteiger charge is 2.62. The maximum absolute atomic E-state index is 13.8. The first-order valence-electron chi connectivity index (χ1n) is 41.1. The Morgan fingerprint density at radius 3 is 1.39 bits per heavy atom. The van der Waals surface area contributed by atoms with Gasteiger partial charge in [-0.1, -0.05) is 206 Å². The van der Waals surface area contributed by atoms with Crippen LogP contribution in [-0.2, 0) is 66.5 Å². The van der Waals surface area contributed by atoms with Gasteiger partial charge in [-0.25, -0.2) is 4.79 Å². The standard InChI is InChI=1S/C77H139N3O31/c1-5-7-9-11-13-15-17-19-20-21-22-23-24-26-28-30-32-34-36-38-56(91)80-48(49(88)37-35-33-31-29-27-25-18-16-14-12-10-8-6-2)45-102-73-65(98)63(96)67(54(43-84)105-73)107-75-66(99)71(111-77(76(100)101)39-50(89)57(78-46(3)86)70(110-77)59(92)51(90)40-81)68(55(44-85)106-75)108-72-58(79-47(4)87)69(61(94)53(42-83)103-72)109-74-64(97)62(95)60(93)52(41-82)104-74/h35,37,48-55,57-75,81-85,88-90,92-99H,5-34,36,38-45H2,1-4H3,(H,78,86)(H,79,87)(H,80,91)(H,100,101)/t48-,49+,50-,51-,52+,53+,54+,55+,57+,58+,59-,60-,61-,62-,63+,64+,65?,66+,67+,68-,69+,70?,71+,72-,73+,74-,75-,77-/m0/s1. The summed E-state index contributed by atoms with van der Waals surface area (Å²) in [6.07, 6.45) is -11.2. The van der Waals surface area contributed by atoms with Gasteiger partial charge in [0, 0.05) is 26.7 Å². The second-order valence-corrected chi connectivity index (χ2v) is 30.7. The number of aliphatic hydroxyl groups is 16. The molecule has 34 nitrogen and oxygen atoms in total. The summed E-state index contributed by atoms with van der Waals surface area (Å²) >= 11 is 0. The number of ether oxygens (including phenoxy) is 10. The van der Waals surface area contributed by atoms with Crippen LogP contribution in [-0.4, -0.2) is 321 Å². The average Bonchev–Trinajstić information content (AvgIpc) is 0.750. The molecular formula is C77H139N3O31. The van der Waals surface area contributed by atoms with E-state index in [9.17, 15) is 106 Å². The van der Waals surface area contributed by atoms with E-state index in [0.717, 1.165) is 71.6 Å². The molecule has 0 aromatic rings. The third-order valence-corrected chi connectivity index (χ3v) is 21.6. The first kappa shape index (κ1) is 98.2. The molecule has 34 heteroatoms. The number of amides is 3. The van der Waals surface area contributed by atoms with E-state index in [2.05, 4.69) is 29.8 Å². The molecule has 5 heterocycles. The minimum absolute atomic E-state index is 0.135. The molecule has 0 aromatic carbocycles. The molecular weight excluding hydrogens is 1460 g/mol. The molecule has 0 bridgehead atoms. The first-order valence-corrected chi connectivity index (χ1v) is 41.1. The molecule has 5 aliphatic heterocycles. The molecule has 5 rings (SSSR count). The van der Waals surface area contributed by atoms with Gasteiger partial charge in [0.2, 0.25) is 17.7 Å². The molecule has 20 N–H and O–H groups in total. The van der Waals surface area contributed by atoms with Gasteiger partial charge in [-0.15, -0.1) is 0 Å². The SMILES string of the molecule is CCCCCCCCCCCCCC=C[C@@H](O)[C@H](CO[C@@H]1O[C@H](CO)[C@@H](O[C@@H]2O[C@H](CO)[C@H](O[C@@H]3O[C@H](CO)[C@H](O)[C@H](O[C@@H]4O[C@H](CO)[C@H](O)[C@H](O)[C@H]4O)[C@H]3NC(C)=O)[C@H](O[C@]3(C(=O)O)C[C@H](O)[C@@H](NC(C)=O)C([C@@H](O)[C@@H](O)CO)O3)[C@H]2O)[C@H](O)C1O)NC(=O)CCCCCCCCCCCCCCCCCCCCC. The van der Waals surface area contributed by atoms with Crippen molar-refractivity contribution in [3.8, 4) is 0 Å². The number of carbonyl (C=O) groups excluding carboxylic acids is 3. The van der Waals surface area contributed by atoms with Gasteiger partial charge in [-0.05, 0) is 19.3 Å². The van der Waals surface area contributed by atoms with Crippen molar-refractivity contribution in [1.29, 1.82) is 0 Å². The van der Waals surface area contributed by atoms with E-state index < -0.39 is 235 Å². The van der Waals surface area contributed by atoms with E-state index in [-0.39, 0.29) is 12.3 Å². The number of carboxylic acids is 1. The monoisotopic (exact) mass is 1600 g/mol. The second-order valence-electron chi connectivity index (χ2n) is 30.7. The Balaban J connectivity index is 1.36. The summed E-state index contributed by atoms with van der Waals surface area (Å²) < 4.78 is 60.2. The van der Waals surface area contributed by atoms with Gasteiger partial charge in [0.25, 0.3) is 5.79 Å². The van der Waals surface area contributed by atoms with Gasteiger partial charge in [0.05, 0.1) is 63.9 Å². The summed E-state index contributed by atoms with van der Waals surface area (Å²) in [5, 5.41) is 197. The van der Waals surface area contributed by atoms with Crippen molar-refractivity contribution in [1.82, 2.24) is 16.0 Å². The first-order chi connectivity index (χ1) is 53.3. The lowest BCUT2D eigenvalue weighted by Crippen LogP contribution is -2.72. The van der Waals surface area contributed by atoms with Crippen LogP contribution in [0.15, 0.2) is 12.2 Å². The molecule has 3 amide bonds. The van der Waals surface area contributed by atoms with E-state index >= 15 is 0 Å². The van der Waals surface area contributed by atoms with Crippen LogP contribution in [0.5, 0.6) is 0 Å². The molecule has 2 unspecified atom stereocenters. The van der Waals surface area contributed by atoms with Crippen molar-refractivity contribution in [2.75, 3.05) is 39.6 Å². The third kappa shape index (κ3) is 31.4. The Morgan fingerprint density at radius 2 is 0.892 bits per heavy atom. The lowest BCUT2D eigenvalue weighted by molar-refractivity contribution is -0.403. The number of nitrogens with one attached hydrogen (secondary N) is 3. The second kappa shape index (κ2) is 53.1. The molecule has 0 spiro atoms. The van der Waals surface area contributed by atoms with E-state index in [0.29, 0.717) is 12.8 Å².